The van der Waals surface area contributed by atoms with E-state index in [9.17, 15) is 0 Å². The lowest BCUT2D eigenvalue weighted by molar-refractivity contribution is 0.0284. The van der Waals surface area contributed by atoms with Gasteiger partial charge in [0.1, 0.15) is 0 Å². The molecule has 0 N–H and O–H groups in total. The minimum atomic E-state index is -0.794. The van der Waals surface area contributed by atoms with Crippen molar-refractivity contribution in [3.63, 3.8) is 0 Å². The molecule has 4 rings (SSSR count). The molecular formula is C22H22Br4O3. The van der Waals surface area contributed by atoms with E-state index in [2.05, 4.69) is 112 Å². The molecular weight excluding hydrogens is 632 g/mol. The second-order valence-electron chi connectivity index (χ2n) is 7.53. The van der Waals surface area contributed by atoms with E-state index < -0.39 is 6.84 Å². The number of rotatable bonds is 10. The van der Waals surface area contributed by atoms with Crippen LogP contribution in [0.2, 0.25) is 0 Å². The Morgan fingerprint density at radius 2 is 1.07 bits per heavy atom. The summed E-state index contributed by atoms with van der Waals surface area (Å²) in [6.45, 7) is 1.61. The smallest absolute Gasteiger partial charge is 0.187 e. The standard InChI is InChI=1S/C22H22Br4O3/c23-21(24,19(11-17-13-27-17)15-7-3-1-4-8-15)29-22(25,26)20(12-18-14-28-18)16-9-5-2-6-10-16/h1-10,17-20H,11-14H2. The molecule has 4 atom stereocenters. The fourth-order valence-corrected chi connectivity index (χ4v) is 7.26. The third-order valence-electron chi connectivity index (χ3n) is 5.29. The number of epoxide rings is 2. The van der Waals surface area contributed by atoms with Crippen LogP contribution in [-0.4, -0.2) is 32.3 Å². The van der Waals surface area contributed by atoms with Crippen LogP contribution < -0.4 is 0 Å². The van der Waals surface area contributed by atoms with Gasteiger partial charge >= 0.3 is 0 Å². The summed E-state index contributed by atoms with van der Waals surface area (Å²) in [5, 5.41) is 0. The number of halogens is 4. The van der Waals surface area contributed by atoms with E-state index in [0.29, 0.717) is 0 Å². The molecule has 2 fully saturated rings. The first-order valence-corrected chi connectivity index (χ1v) is 12.8. The average molecular weight is 654 g/mol. The Balaban J connectivity index is 1.59. The van der Waals surface area contributed by atoms with Crippen molar-refractivity contribution in [1.29, 1.82) is 0 Å². The quantitative estimate of drug-likeness (QED) is 0.204. The molecule has 0 spiro atoms. The third kappa shape index (κ3) is 6.15. The molecule has 4 unspecified atom stereocenters. The lowest BCUT2D eigenvalue weighted by atomic mass is 9.93. The zero-order valence-electron chi connectivity index (χ0n) is 15.6. The minimum absolute atomic E-state index is 0.0549. The number of alkyl halides is 4. The topological polar surface area (TPSA) is 34.3 Å². The van der Waals surface area contributed by atoms with E-state index in [1.54, 1.807) is 0 Å². The van der Waals surface area contributed by atoms with Crippen LogP contribution in [0.15, 0.2) is 60.7 Å². The van der Waals surface area contributed by atoms with Crippen molar-refractivity contribution < 1.29 is 14.2 Å². The van der Waals surface area contributed by atoms with Crippen molar-refractivity contribution in [2.24, 2.45) is 0 Å². The highest BCUT2D eigenvalue weighted by Gasteiger charge is 2.49. The minimum Gasteiger partial charge on any atom is -0.373 e. The second kappa shape index (κ2) is 9.39. The number of hydrogen-bond donors (Lipinski definition) is 0. The predicted octanol–water partition coefficient (Wildman–Crippen LogP) is 7.04. The van der Waals surface area contributed by atoms with Crippen molar-refractivity contribution in [2.75, 3.05) is 13.2 Å². The molecule has 2 saturated heterocycles. The molecule has 2 aliphatic rings. The zero-order chi connectivity index (χ0) is 20.5. The van der Waals surface area contributed by atoms with Crippen LogP contribution in [0, 0.1) is 0 Å². The summed E-state index contributed by atoms with van der Waals surface area (Å²) in [6.07, 6.45) is 2.25. The van der Waals surface area contributed by atoms with Crippen molar-refractivity contribution in [2.45, 2.75) is 43.7 Å². The van der Waals surface area contributed by atoms with Gasteiger partial charge in [0.25, 0.3) is 0 Å². The van der Waals surface area contributed by atoms with Gasteiger partial charge in [-0.05, 0) is 87.7 Å². The molecule has 2 aromatic rings. The summed E-state index contributed by atoms with van der Waals surface area (Å²) < 4.78 is 16.1. The molecule has 0 aromatic heterocycles. The van der Waals surface area contributed by atoms with Gasteiger partial charge in [0.05, 0.1) is 25.4 Å². The van der Waals surface area contributed by atoms with Gasteiger partial charge in [0.2, 0.25) is 0 Å². The lowest BCUT2D eigenvalue weighted by Gasteiger charge is -2.40. The van der Waals surface area contributed by atoms with Gasteiger partial charge in [0, 0.05) is 11.8 Å². The van der Waals surface area contributed by atoms with Gasteiger partial charge in [-0.25, -0.2) is 0 Å². The highest BCUT2D eigenvalue weighted by Crippen LogP contribution is 2.55. The van der Waals surface area contributed by atoms with Gasteiger partial charge < -0.3 is 14.2 Å². The monoisotopic (exact) mass is 650 g/mol. The van der Waals surface area contributed by atoms with Crippen molar-refractivity contribution >= 4 is 63.7 Å². The van der Waals surface area contributed by atoms with E-state index in [-0.39, 0.29) is 24.0 Å². The van der Waals surface area contributed by atoms with E-state index in [1.165, 1.54) is 11.1 Å². The van der Waals surface area contributed by atoms with E-state index in [4.69, 9.17) is 14.2 Å². The van der Waals surface area contributed by atoms with Gasteiger partial charge in [-0.3, -0.25) is 0 Å². The number of benzene rings is 2. The Kier molecular flexibility index (Phi) is 7.26. The zero-order valence-corrected chi connectivity index (χ0v) is 22.0. The van der Waals surface area contributed by atoms with Gasteiger partial charge in [-0.2, -0.15) is 0 Å². The molecule has 0 amide bonds. The molecule has 0 aliphatic carbocycles. The van der Waals surface area contributed by atoms with E-state index in [0.717, 1.165) is 26.1 Å². The van der Waals surface area contributed by atoms with Crippen LogP contribution >= 0.6 is 63.7 Å². The summed E-state index contributed by atoms with van der Waals surface area (Å²) in [6, 6.07) is 20.8. The summed E-state index contributed by atoms with van der Waals surface area (Å²) in [7, 11) is 0. The maximum Gasteiger partial charge on any atom is 0.187 e. The third-order valence-corrected chi connectivity index (χ3v) is 8.15. The summed E-state index contributed by atoms with van der Waals surface area (Å²) in [5.41, 5.74) is 2.38. The number of hydrogen-bond acceptors (Lipinski definition) is 3. The summed E-state index contributed by atoms with van der Waals surface area (Å²) in [4.78, 5) is 0. The molecule has 0 bridgehead atoms. The van der Waals surface area contributed by atoms with E-state index in [1.807, 2.05) is 12.1 Å². The maximum absolute atomic E-state index is 6.67. The highest BCUT2D eigenvalue weighted by atomic mass is 79.9. The van der Waals surface area contributed by atoms with Crippen molar-refractivity contribution in [3.05, 3.63) is 71.8 Å². The Bertz CT molecular complexity index is 725. The van der Waals surface area contributed by atoms with Gasteiger partial charge in [0.15, 0.2) is 6.84 Å². The fourth-order valence-electron chi connectivity index (χ4n) is 3.56. The van der Waals surface area contributed by atoms with Gasteiger partial charge in [-0.1, -0.05) is 60.7 Å². The number of ether oxygens (including phenoxy) is 3. The first-order chi connectivity index (χ1) is 13.9. The maximum atomic E-state index is 6.67. The molecule has 3 nitrogen and oxygen atoms in total. The molecule has 0 saturated carbocycles. The highest BCUT2D eigenvalue weighted by molar-refractivity contribution is 9.26. The normalized spacial score (nSPS) is 23.4. The molecule has 2 aromatic carbocycles. The van der Waals surface area contributed by atoms with Crippen LogP contribution in [-0.2, 0) is 14.2 Å². The SMILES string of the molecule is BrC(Br)(OC(Br)(Br)C(CC1CO1)c1ccccc1)C(CC1CO1)c1ccccc1. The Morgan fingerprint density at radius 1 is 0.724 bits per heavy atom. The molecule has 0 radical (unpaired) electrons. The summed E-state index contributed by atoms with van der Waals surface area (Å²) >= 11 is 15.4. The van der Waals surface area contributed by atoms with Gasteiger partial charge in [-0.15, -0.1) is 0 Å². The van der Waals surface area contributed by atoms with Crippen molar-refractivity contribution in [3.8, 4) is 0 Å². The van der Waals surface area contributed by atoms with Crippen LogP contribution in [0.5, 0.6) is 0 Å². The Hall–Kier alpha value is 0.240. The van der Waals surface area contributed by atoms with E-state index >= 15 is 0 Å². The van der Waals surface area contributed by atoms with Crippen LogP contribution in [0.3, 0.4) is 0 Å². The van der Waals surface area contributed by atoms with Crippen LogP contribution in [0.4, 0.5) is 0 Å². The van der Waals surface area contributed by atoms with Crippen LogP contribution in [0.1, 0.15) is 35.8 Å². The first kappa shape index (κ1) is 22.4. The molecule has 2 aliphatic heterocycles. The molecule has 29 heavy (non-hydrogen) atoms. The van der Waals surface area contributed by atoms with Crippen LogP contribution in [0.25, 0.3) is 0 Å². The Morgan fingerprint density at radius 3 is 1.38 bits per heavy atom. The first-order valence-electron chi connectivity index (χ1n) is 9.64. The largest absolute Gasteiger partial charge is 0.373 e. The molecule has 2 heterocycles. The molecule has 156 valence electrons. The molecule has 7 heteroatoms. The average Bonchev–Trinajstić information content (AvgIpc) is 3.60. The second-order valence-corrected chi connectivity index (χ2v) is 14.4. The summed E-state index contributed by atoms with van der Waals surface area (Å²) in [5.74, 6) is 0.110. The fraction of sp³-hybridized carbons (Fsp3) is 0.455. The Labute approximate surface area is 205 Å². The predicted molar refractivity (Wildman–Crippen MR) is 129 cm³/mol. The van der Waals surface area contributed by atoms with Crippen molar-refractivity contribution in [1.82, 2.24) is 0 Å². The lowest BCUT2D eigenvalue weighted by Crippen LogP contribution is -2.38.